The monoisotopic (exact) mass is 532 g/mol. The molecule has 1 unspecified atom stereocenters. The fraction of sp³-hybridized carbons (Fsp3) is 0.333. The molecule has 3 aromatic rings. The second-order valence-electron chi connectivity index (χ2n) is 9.56. The van der Waals surface area contributed by atoms with Gasteiger partial charge >= 0.3 is 0 Å². The van der Waals surface area contributed by atoms with Gasteiger partial charge in [-0.1, -0.05) is 12.1 Å². The zero-order valence-corrected chi connectivity index (χ0v) is 22.5. The van der Waals surface area contributed by atoms with Crippen molar-refractivity contribution in [2.75, 3.05) is 59.0 Å². The van der Waals surface area contributed by atoms with Crippen LogP contribution in [0.3, 0.4) is 0 Å². The number of anilines is 1. The first-order valence-electron chi connectivity index (χ1n) is 13.0. The van der Waals surface area contributed by atoms with Crippen LogP contribution >= 0.6 is 0 Å². The quantitative estimate of drug-likeness (QED) is 0.430. The van der Waals surface area contributed by atoms with Gasteiger partial charge in [-0.15, -0.1) is 0 Å². The van der Waals surface area contributed by atoms with E-state index in [1.807, 2.05) is 53.4 Å². The number of ether oxygens (including phenoxy) is 3. The Morgan fingerprint density at radius 1 is 0.897 bits per heavy atom. The molecule has 1 saturated heterocycles. The third-order valence-corrected chi connectivity index (χ3v) is 7.31. The van der Waals surface area contributed by atoms with Crippen LogP contribution in [0.5, 0.6) is 17.2 Å². The van der Waals surface area contributed by atoms with E-state index in [-0.39, 0.29) is 24.3 Å². The van der Waals surface area contributed by atoms with Crippen molar-refractivity contribution in [1.82, 2.24) is 9.91 Å². The standard InChI is InChI=1S/C30H33FN4O4/c1-37-22-10-8-21(9-11-22)26-19-28(24-18-23(38-2)12-13-29(24)39-3)35(32-26)30(36)20-33-14-16-34(17-15-33)27-7-5-4-6-25(27)31/h4-13,18,28H,14-17,19-20H2,1-3H3. The van der Waals surface area contributed by atoms with E-state index in [9.17, 15) is 9.18 Å². The van der Waals surface area contributed by atoms with Crippen molar-refractivity contribution in [2.45, 2.75) is 12.5 Å². The van der Waals surface area contributed by atoms with Crippen molar-refractivity contribution >= 4 is 17.3 Å². The van der Waals surface area contributed by atoms with E-state index in [4.69, 9.17) is 19.3 Å². The Balaban J connectivity index is 1.36. The molecule has 1 amide bonds. The van der Waals surface area contributed by atoms with Gasteiger partial charge in [-0.3, -0.25) is 9.69 Å². The lowest BCUT2D eigenvalue weighted by atomic mass is 9.97. The first kappa shape index (κ1) is 26.5. The van der Waals surface area contributed by atoms with Crippen molar-refractivity contribution < 1.29 is 23.4 Å². The highest BCUT2D eigenvalue weighted by Gasteiger charge is 2.36. The Hall–Kier alpha value is -4.11. The lowest BCUT2D eigenvalue weighted by molar-refractivity contribution is -0.134. The number of amides is 1. The fourth-order valence-electron chi connectivity index (χ4n) is 5.16. The molecule has 39 heavy (non-hydrogen) atoms. The maximum Gasteiger partial charge on any atom is 0.257 e. The number of nitrogens with zero attached hydrogens (tertiary/aromatic N) is 4. The molecule has 2 aliphatic heterocycles. The highest BCUT2D eigenvalue weighted by Crippen LogP contribution is 2.39. The lowest BCUT2D eigenvalue weighted by Crippen LogP contribution is -2.49. The molecule has 2 heterocycles. The van der Waals surface area contributed by atoms with Crippen molar-refractivity contribution in [2.24, 2.45) is 5.10 Å². The SMILES string of the molecule is COc1ccc(C2=NN(C(=O)CN3CCN(c4ccccc4F)CC3)C(c3cc(OC)ccc3OC)C2)cc1. The van der Waals surface area contributed by atoms with Crippen molar-refractivity contribution in [3.63, 3.8) is 0 Å². The van der Waals surface area contributed by atoms with Crippen molar-refractivity contribution in [3.8, 4) is 17.2 Å². The maximum absolute atomic E-state index is 14.3. The number of hydrogen-bond acceptors (Lipinski definition) is 7. The Kier molecular flexibility index (Phi) is 7.97. The summed E-state index contributed by atoms with van der Waals surface area (Å²) < 4.78 is 30.7. The third-order valence-electron chi connectivity index (χ3n) is 7.31. The Bertz CT molecular complexity index is 1340. The minimum Gasteiger partial charge on any atom is -0.497 e. The van der Waals surface area contributed by atoms with Crippen LogP contribution in [-0.2, 0) is 4.79 Å². The van der Waals surface area contributed by atoms with Crippen LogP contribution in [0.4, 0.5) is 10.1 Å². The summed E-state index contributed by atoms with van der Waals surface area (Å²) in [6.45, 7) is 2.79. The van der Waals surface area contributed by atoms with E-state index in [1.165, 1.54) is 6.07 Å². The molecular weight excluding hydrogens is 499 g/mol. The molecule has 1 atom stereocenters. The van der Waals surface area contributed by atoms with Gasteiger partial charge in [0.1, 0.15) is 23.1 Å². The first-order valence-corrected chi connectivity index (χ1v) is 13.0. The second-order valence-corrected chi connectivity index (χ2v) is 9.56. The van der Waals surface area contributed by atoms with Gasteiger partial charge in [0.05, 0.1) is 45.3 Å². The molecule has 0 spiro atoms. The number of halogens is 1. The fourth-order valence-corrected chi connectivity index (χ4v) is 5.16. The van der Waals surface area contributed by atoms with E-state index in [1.54, 1.807) is 38.5 Å². The summed E-state index contributed by atoms with van der Waals surface area (Å²) in [6.07, 6.45) is 0.530. The van der Waals surface area contributed by atoms with Gasteiger partial charge in [0.15, 0.2) is 0 Å². The van der Waals surface area contributed by atoms with Crippen LogP contribution in [-0.4, -0.2) is 75.6 Å². The van der Waals surface area contributed by atoms with Gasteiger partial charge in [0.25, 0.3) is 5.91 Å². The molecular formula is C30H33FN4O4. The predicted molar refractivity (Wildman–Crippen MR) is 148 cm³/mol. The average Bonchev–Trinajstić information content (AvgIpc) is 3.43. The lowest BCUT2D eigenvalue weighted by Gasteiger charge is -2.36. The second kappa shape index (κ2) is 11.7. The molecule has 1 fully saturated rings. The van der Waals surface area contributed by atoms with E-state index in [0.717, 1.165) is 22.6 Å². The summed E-state index contributed by atoms with van der Waals surface area (Å²) in [4.78, 5) is 17.9. The number of carbonyl (C=O) groups is 1. The van der Waals surface area contributed by atoms with Crippen molar-refractivity contribution in [1.29, 1.82) is 0 Å². The Morgan fingerprint density at radius 2 is 1.59 bits per heavy atom. The number of methoxy groups -OCH3 is 3. The molecule has 0 N–H and O–H groups in total. The molecule has 0 radical (unpaired) electrons. The number of benzene rings is 3. The van der Waals surface area contributed by atoms with E-state index in [0.29, 0.717) is 49.8 Å². The molecule has 204 valence electrons. The predicted octanol–water partition coefficient (Wildman–Crippen LogP) is 4.35. The van der Waals surface area contributed by atoms with Crippen LogP contribution in [0.25, 0.3) is 0 Å². The zero-order valence-electron chi connectivity index (χ0n) is 22.5. The van der Waals surface area contributed by atoms with Gasteiger partial charge in [-0.25, -0.2) is 9.40 Å². The van der Waals surface area contributed by atoms with Gasteiger partial charge in [-0.2, -0.15) is 5.10 Å². The maximum atomic E-state index is 14.3. The largest absolute Gasteiger partial charge is 0.497 e. The van der Waals surface area contributed by atoms with Gasteiger partial charge in [0.2, 0.25) is 0 Å². The number of rotatable bonds is 8. The van der Waals surface area contributed by atoms with Crippen LogP contribution < -0.4 is 19.1 Å². The average molecular weight is 533 g/mol. The summed E-state index contributed by atoms with van der Waals surface area (Å²) >= 11 is 0. The molecule has 8 nitrogen and oxygen atoms in total. The summed E-state index contributed by atoms with van der Waals surface area (Å²) in [5.74, 6) is 1.77. The number of hydrogen-bond donors (Lipinski definition) is 0. The molecule has 3 aromatic carbocycles. The molecule has 2 aliphatic rings. The molecule has 0 aromatic heterocycles. The van der Waals surface area contributed by atoms with Crippen LogP contribution in [0.15, 0.2) is 71.8 Å². The smallest absolute Gasteiger partial charge is 0.257 e. The third kappa shape index (κ3) is 5.68. The van der Waals surface area contributed by atoms with Crippen LogP contribution in [0, 0.1) is 5.82 Å². The van der Waals surface area contributed by atoms with Crippen molar-refractivity contribution in [3.05, 3.63) is 83.7 Å². The number of carbonyl (C=O) groups excluding carboxylic acids is 1. The molecule has 0 saturated carbocycles. The highest BCUT2D eigenvalue weighted by molar-refractivity contribution is 6.03. The van der Waals surface area contributed by atoms with E-state index >= 15 is 0 Å². The number of hydrazone groups is 1. The first-order chi connectivity index (χ1) is 19.0. The Labute approximate surface area is 228 Å². The minimum absolute atomic E-state index is 0.104. The summed E-state index contributed by atoms with van der Waals surface area (Å²) in [7, 11) is 4.86. The molecule has 5 rings (SSSR count). The van der Waals surface area contributed by atoms with Crippen LogP contribution in [0.1, 0.15) is 23.6 Å². The topological polar surface area (TPSA) is 66.8 Å². The van der Waals surface area contributed by atoms with Crippen LogP contribution in [0.2, 0.25) is 0 Å². The minimum atomic E-state index is -0.348. The summed E-state index contributed by atoms with van der Waals surface area (Å²) in [5, 5.41) is 6.40. The normalized spacial score (nSPS) is 17.6. The summed E-state index contributed by atoms with van der Waals surface area (Å²) in [5.41, 5.74) is 3.17. The van der Waals surface area contributed by atoms with E-state index in [2.05, 4.69) is 4.90 Å². The van der Waals surface area contributed by atoms with Gasteiger partial charge in [-0.05, 0) is 60.2 Å². The molecule has 0 bridgehead atoms. The summed E-state index contributed by atoms with van der Waals surface area (Å²) in [6, 6.07) is 19.7. The van der Waals surface area contributed by atoms with E-state index < -0.39 is 0 Å². The zero-order chi connectivity index (χ0) is 27.4. The number of para-hydroxylation sites is 1. The van der Waals surface area contributed by atoms with Gasteiger partial charge < -0.3 is 19.1 Å². The Morgan fingerprint density at radius 3 is 2.26 bits per heavy atom. The molecule has 9 heteroatoms. The van der Waals surface area contributed by atoms with Gasteiger partial charge in [0, 0.05) is 38.2 Å². The number of piperazine rings is 1. The molecule has 0 aliphatic carbocycles. The highest BCUT2D eigenvalue weighted by atomic mass is 19.1.